The summed E-state index contributed by atoms with van der Waals surface area (Å²) >= 11 is 0. The van der Waals surface area contributed by atoms with E-state index in [1.54, 1.807) is 0 Å². The second kappa shape index (κ2) is 10.3. The summed E-state index contributed by atoms with van der Waals surface area (Å²) in [6.07, 6.45) is 6.07. The maximum absolute atomic E-state index is 12.9. The SMILES string of the molecule is O=C(CCc1ccccc1)/C(=C/CCc1ccccc1)Cc1ccccc1. The maximum Gasteiger partial charge on any atom is 0.159 e. The molecule has 0 amide bonds. The summed E-state index contributed by atoms with van der Waals surface area (Å²) in [6, 6.07) is 30.9. The van der Waals surface area contributed by atoms with E-state index in [-0.39, 0.29) is 5.78 Å². The second-order valence-corrected chi connectivity index (χ2v) is 6.82. The Kier molecular flexibility index (Phi) is 7.17. The van der Waals surface area contributed by atoms with Gasteiger partial charge in [0.15, 0.2) is 5.78 Å². The van der Waals surface area contributed by atoms with Gasteiger partial charge in [0.25, 0.3) is 0 Å². The van der Waals surface area contributed by atoms with Crippen molar-refractivity contribution in [3.63, 3.8) is 0 Å². The first-order chi connectivity index (χ1) is 13.3. The van der Waals surface area contributed by atoms with Crippen molar-refractivity contribution in [3.8, 4) is 0 Å². The minimum absolute atomic E-state index is 0.260. The first-order valence-corrected chi connectivity index (χ1v) is 9.65. The first-order valence-electron chi connectivity index (χ1n) is 9.65. The second-order valence-electron chi connectivity index (χ2n) is 6.82. The average molecular weight is 354 g/mol. The molecule has 0 N–H and O–H groups in total. The van der Waals surface area contributed by atoms with Crippen molar-refractivity contribution in [1.29, 1.82) is 0 Å². The Hall–Kier alpha value is -2.93. The molecule has 0 saturated carbocycles. The van der Waals surface area contributed by atoms with Gasteiger partial charge in [-0.05, 0) is 41.5 Å². The van der Waals surface area contributed by atoms with E-state index >= 15 is 0 Å². The number of aryl methyl sites for hydroxylation is 2. The lowest BCUT2D eigenvalue weighted by molar-refractivity contribution is -0.115. The molecular formula is C26H26O. The van der Waals surface area contributed by atoms with Crippen molar-refractivity contribution in [3.05, 3.63) is 119 Å². The molecule has 3 aromatic rings. The van der Waals surface area contributed by atoms with Gasteiger partial charge in [-0.2, -0.15) is 0 Å². The molecule has 0 aliphatic rings. The third kappa shape index (κ3) is 6.38. The van der Waals surface area contributed by atoms with E-state index in [1.807, 2.05) is 42.5 Å². The standard InChI is InChI=1S/C26H26O/c27-26(20-19-23-13-6-2-7-14-23)25(21-24-15-8-3-9-16-24)18-10-17-22-11-4-1-5-12-22/h1-9,11-16,18H,10,17,19-21H2/b25-18+. The molecule has 136 valence electrons. The number of Topliss-reactive ketones (excluding diaryl/α,β-unsaturated/α-hetero) is 1. The Morgan fingerprint density at radius 1 is 0.630 bits per heavy atom. The molecule has 0 unspecified atom stereocenters. The number of benzene rings is 3. The van der Waals surface area contributed by atoms with Gasteiger partial charge in [-0.15, -0.1) is 0 Å². The van der Waals surface area contributed by atoms with Gasteiger partial charge in [-0.25, -0.2) is 0 Å². The summed E-state index contributed by atoms with van der Waals surface area (Å²) in [7, 11) is 0. The monoisotopic (exact) mass is 354 g/mol. The van der Waals surface area contributed by atoms with Crippen molar-refractivity contribution in [2.75, 3.05) is 0 Å². The summed E-state index contributed by atoms with van der Waals surface area (Å²) in [5.74, 6) is 0.260. The summed E-state index contributed by atoms with van der Waals surface area (Å²) < 4.78 is 0. The van der Waals surface area contributed by atoms with Crippen LogP contribution in [-0.4, -0.2) is 5.78 Å². The van der Waals surface area contributed by atoms with Gasteiger partial charge >= 0.3 is 0 Å². The van der Waals surface area contributed by atoms with Gasteiger partial charge in [0.05, 0.1) is 0 Å². The summed E-state index contributed by atoms with van der Waals surface area (Å²) in [6.45, 7) is 0. The zero-order chi connectivity index (χ0) is 18.7. The van der Waals surface area contributed by atoms with Gasteiger partial charge < -0.3 is 0 Å². The van der Waals surface area contributed by atoms with Gasteiger partial charge in [-0.1, -0.05) is 97.1 Å². The molecule has 0 aromatic heterocycles. The predicted octanol–water partition coefficient (Wildman–Crippen LogP) is 5.99. The highest BCUT2D eigenvalue weighted by Gasteiger charge is 2.10. The van der Waals surface area contributed by atoms with Crippen molar-refractivity contribution >= 4 is 5.78 Å². The minimum atomic E-state index is 0.260. The normalized spacial score (nSPS) is 11.3. The van der Waals surface area contributed by atoms with Crippen LogP contribution in [0.4, 0.5) is 0 Å². The quantitative estimate of drug-likeness (QED) is 0.431. The number of hydrogen-bond donors (Lipinski definition) is 0. The fourth-order valence-electron chi connectivity index (χ4n) is 3.22. The highest BCUT2D eigenvalue weighted by molar-refractivity contribution is 5.95. The van der Waals surface area contributed by atoms with Gasteiger partial charge in [0.2, 0.25) is 0 Å². The third-order valence-corrected chi connectivity index (χ3v) is 4.75. The Morgan fingerprint density at radius 2 is 1.11 bits per heavy atom. The molecule has 27 heavy (non-hydrogen) atoms. The van der Waals surface area contributed by atoms with Gasteiger partial charge in [0.1, 0.15) is 0 Å². The van der Waals surface area contributed by atoms with Crippen molar-refractivity contribution in [2.24, 2.45) is 0 Å². The van der Waals surface area contributed by atoms with Crippen LogP contribution in [0.2, 0.25) is 0 Å². The lowest BCUT2D eigenvalue weighted by Crippen LogP contribution is -2.07. The molecule has 1 heteroatoms. The highest BCUT2D eigenvalue weighted by Crippen LogP contribution is 2.15. The Balaban J connectivity index is 1.66. The number of carbonyl (C=O) groups excluding carboxylic acids is 1. The van der Waals surface area contributed by atoms with Gasteiger partial charge in [-0.3, -0.25) is 4.79 Å². The molecule has 0 heterocycles. The Morgan fingerprint density at radius 3 is 1.67 bits per heavy atom. The molecule has 0 radical (unpaired) electrons. The molecule has 3 rings (SSSR count). The van der Waals surface area contributed by atoms with Crippen LogP contribution in [0.5, 0.6) is 0 Å². The number of ketones is 1. The van der Waals surface area contributed by atoms with Crippen molar-refractivity contribution < 1.29 is 4.79 Å². The molecule has 0 saturated heterocycles. The predicted molar refractivity (Wildman–Crippen MR) is 113 cm³/mol. The van der Waals surface area contributed by atoms with E-state index in [4.69, 9.17) is 0 Å². The molecule has 0 aliphatic heterocycles. The smallest absolute Gasteiger partial charge is 0.159 e. The molecule has 0 bridgehead atoms. The van der Waals surface area contributed by atoms with Crippen LogP contribution in [0.3, 0.4) is 0 Å². The first kappa shape index (κ1) is 18.8. The lowest BCUT2D eigenvalue weighted by Gasteiger charge is -2.08. The molecule has 0 aliphatic carbocycles. The van der Waals surface area contributed by atoms with E-state index in [9.17, 15) is 4.79 Å². The van der Waals surface area contributed by atoms with Crippen LogP contribution in [0.25, 0.3) is 0 Å². The van der Waals surface area contributed by atoms with Crippen LogP contribution in [0.1, 0.15) is 29.5 Å². The molecule has 1 nitrogen and oxygen atoms in total. The number of hydrogen-bond acceptors (Lipinski definition) is 1. The van der Waals surface area contributed by atoms with E-state index < -0.39 is 0 Å². The van der Waals surface area contributed by atoms with Crippen LogP contribution < -0.4 is 0 Å². The molecule has 0 spiro atoms. The fraction of sp³-hybridized carbons (Fsp3) is 0.192. The molecule has 3 aromatic carbocycles. The largest absolute Gasteiger partial charge is 0.295 e. The Labute approximate surface area is 162 Å². The van der Waals surface area contributed by atoms with Crippen molar-refractivity contribution in [2.45, 2.75) is 32.1 Å². The van der Waals surface area contributed by atoms with E-state index in [1.165, 1.54) is 16.7 Å². The third-order valence-electron chi connectivity index (χ3n) is 4.75. The minimum Gasteiger partial charge on any atom is -0.295 e. The summed E-state index contributed by atoms with van der Waals surface area (Å²) in [5.41, 5.74) is 4.66. The lowest BCUT2D eigenvalue weighted by atomic mass is 9.95. The number of allylic oxidation sites excluding steroid dienone is 2. The van der Waals surface area contributed by atoms with Gasteiger partial charge in [0, 0.05) is 12.8 Å². The topological polar surface area (TPSA) is 17.1 Å². The number of rotatable bonds is 9. The zero-order valence-corrected chi connectivity index (χ0v) is 15.7. The van der Waals surface area contributed by atoms with E-state index in [0.29, 0.717) is 12.8 Å². The summed E-state index contributed by atoms with van der Waals surface area (Å²) in [5, 5.41) is 0. The number of carbonyl (C=O) groups is 1. The van der Waals surface area contributed by atoms with Crippen LogP contribution in [-0.2, 0) is 24.1 Å². The summed E-state index contributed by atoms with van der Waals surface area (Å²) in [4.78, 5) is 12.9. The average Bonchev–Trinajstić information content (AvgIpc) is 2.73. The maximum atomic E-state index is 12.9. The van der Waals surface area contributed by atoms with Crippen LogP contribution >= 0.6 is 0 Å². The van der Waals surface area contributed by atoms with Crippen molar-refractivity contribution in [1.82, 2.24) is 0 Å². The zero-order valence-electron chi connectivity index (χ0n) is 15.7. The van der Waals surface area contributed by atoms with E-state index in [0.717, 1.165) is 24.8 Å². The van der Waals surface area contributed by atoms with Crippen LogP contribution in [0.15, 0.2) is 103 Å². The fourth-order valence-corrected chi connectivity index (χ4v) is 3.22. The molecular weight excluding hydrogens is 328 g/mol. The Bertz CT molecular complexity index is 848. The highest BCUT2D eigenvalue weighted by atomic mass is 16.1. The molecule has 0 atom stereocenters. The van der Waals surface area contributed by atoms with Crippen LogP contribution in [0, 0.1) is 0 Å². The van der Waals surface area contributed by atoms with E-state index in [2.05, 4.69) is 54.6 Å². The molecule has 0 fully saturated rings.